The molecule has 0 bridgehead atoms. The molecule has 2 saturated heterocycles. The maximum absolute atomic E-state index is 12.9. The van der Waals surface area contributed by atoms with Crippen LogP contribution in [0, 0.1) is 5.92 Å². The molecule has 9 heteroatoms. The van der Waals surface area contributed by atoms with Gasteiger partial charge >= 0.3 is 12.1 Å². The van der Waals surface area contributed by atoms with Crippen molar-refractivity contribution in [3.8, 4) is 0 Å². The van der Waals surface area contributed by atoms with Gasteiger partial charge in [0, 0.05) is 12.3 Å². The molecule has 2 rings (SSSR count). The van der Waals surface area contributed by atoms with Crippen molar-refractivity contribution in [1.82, 2.24) is 9.80 Å². The van der Waals surface area contributed by atoms with Crippen molar-refractivity contribution in [2.75, 3.05) is 18.2 Å². The number of ether oxygens (including phenoxy) is 2. The average Bonchev–Trinajstić information content (AvgIpc) is 3.12. The summed E-state index contributed by atoms with van der Waals surface area (Å²) in [6, 6.07) is -0.950. The van der Waals surface area contributed by atoms with Gasteiger partial charge in [-0.1, -0.05) is 0 Å². The highest BCUT2D eigenvalue weighted by atomic mass is 32.2. The molecule has 0 aromatic heterocycles. The van der Waals surface area contributed by atoms with Crippen LogP contribution in [0.4, 0.5) is 4.79 Å². The van der Waals surface area contributed by atoms with Crippen molar-refractivity contribution in [2.45, 2.75) is 71.6 Å². The van der Waals surface area contributed by atoms with E-state index in [2.05, 4.69) is 0 Å². The summed E-state index contributed by atoms with van der Waals surface area (Å²) in [5.74, 6) is -0.810. The van der Waals surface area contributed by atoms with Crippen LogP contribution in [0.25, 0.3) is 0 Å². The van der Waals surface area contributed by atoms with Crippen molar-refractivity contribution < 1.29 is 28.7 Å². The van der Waals surface area contributed by atoms with E-state index in [0.717, 1.165) is 10.7 Å². The third-order valence-corrected chi connectivity index (χ3v) is 5.14. The topological polar surface area (TPSA) is 93.2 Å². The number of carbonyl (C=O) groups is 4. The Bertz CT molecular complexity index is 646. The smallest absolute Gasteiger partial charge is 0.417 e. The van der Waals surface area contributed by atoms with E-state index in [1.165, 1.54) is 0 Å². The van der Waals surface area contributed by atoms with Gasteiger partial charge in [-0.15, -0.1) is 11.8 Å². The van der Waals surface area contributed by atoms with Crippen LogP contribution in [0.1, 0.15) is 54.4 Å². The van der Waals surface area contributed by atoms with Crippen LogP contribution in [-0.2, 0) is 23.9 Å². The standard InChI is InChI=1S/C19H30N2O6S/c1-18(2,3)26-14(22)10-12-9-13(16(24)20-7-8-28-11-20)21(15(12)23)17(25)27-19(4,5)6/h12-13H,7-11H2,1-6H3/t12-,13-/m0/s1. The minimum Gasteiger partial charge on any atom is -0.460 e. The van der Waals surface area contributed by atoms with Crippen LogP contribution >= 0.6 is 11.8 Å². The first-order valence-electron chi connectivity index (χ1n) is 9.43. The first-order chi connectivity index (χ1) is 12.8. The molecule has 0 unspecified atom stereocenters. The van der Waals surface area contributed by atoms with E-state index in [0.29, 0.717) is 12.4 Å². The fourth-order valence-corrected chi connectivity index (χ4v) is 4.07. The number of amides is 3. The number of rotatable bonds is 3. The first-order valence-corrected chi connectivity index (χ1v) is 10.6. The minimum atomic E-state index is -0.950. The van der Waals surface area contributed by atoms with Crippen molar-refractivity contribution in [1.29, 1.82) is 0 Å². The zero-order chi connectivity index (χ0) is 21.3. The number of imide groups is 1. The lowest BCUT2D eigenvalue weighted by atomic mass is 10.0. The molecule has 0 spiro atoms. The van der Waals surface area contributed by atoms with Crippen LogP contribution in [0.2, 0.25) is 0 Å². The van der Waals surface area contributed by atoms with Crippen LogP contribution in [0.5, 0.6) is 0 Å². The van der Waals surface area contributed by atoms with Gasteiger partial charge in [-0.05, 0) is 48.0 Å². The lowest BCUT2D eigenvalue weighted by Gasteiger charge is -2.28. The largest absolute Gasteiger partial charge is 0.460 e. The molecule has 0 saturated carbocycles. The third kappa shape index (κ3) is 5.86. The van der Waals surface area contributed by atoms with E-state index in [1.807, 2.05) is 0 Å². The second-order valence-electron chi connectivity index (χ2n) is 9.07. The van der Waals surface area contributed by atoms with Crippen molar-refractivity contribution in [2.24, 2.45) is 5.92 Å². The lowest BCUT2D eigenvalue weighted by Crippen LogP contribution is -2.50. The monoisotopic (exact) mass is 414 g/mol. The van der Waals surface area contributed by atoms with Gasteiger partial charge in [0.15, 0.2) is 0 Å². The molecule has 2 fully saturated rings. The molecule has 0 radical (unpaired) electrons. The van der Waals surface area contributed by atoms with Gasteiger partial charge in [0.25, 0.3) is 0 Å². The lowest BCUT2D eigenvalue weighted by molar-refractivity contribution is -0.157. The molecule has 158 valence electrons. The van der Waals surface area contributed by atoms with Gasteiger partial charge < -0.3 is 14.4 Å². The highest BCUT2D eigenvalue weighted by molar-refractivity contribution is 7.99. The van der Waals surface area contributed by atoms with Crippen LogP contribution in [0.15, 0.2) is 0 Å². The van der Waals surface area contributed by atoms with Gasteiger partial charge in [0.1, 0.15) is 17.2 Å². The van der Waals surface area contributed by atoms with E-state index in [4.69, 9.17) is 9.47 Å². The Labute approximate surface area is 170 Å². The van der Waals surface area contributed by atoms with Gasteiger partial charge in [0.05, 0.1) is 18.2 Å². The Morgan fingerprint density at radius 3 is 2.18 bits per heavy atom. The predicted molar refractivity (Wildman–Crippen MR) is 104 cm³/mol. The molecule has 2 aliphatic heterocycles. The zero-order valence-electron chi connectivity index (χ0n) is 17.4. The Hall–Kier alpha value is -1.77. The van der Waals surface area contributed by atoms with E-state index in [9.17, 15) is 19.2 Å². The quantitative estimate of drug-likeness (QED) is 0.655. The summed E-state index contributed by atoms with van der Waals surface area (Å²) in [4.78, 5) is 53.2. The molecular formula is C19H30N2O6S. The summed E-state index contributed by atoms with van der Waals surface area (Å²) in [6.45, 7) is 10.9. The van der Waals surface area contributed by atoms with Gasteiger partial charge in [-0.25, -0.2) is 9.69 Å². The molecule has 0 aromatic carbocycles. The van der Waals surface area contributed by atoms with Gasteiger partial charge in [-0.2, -0.15) is 0 Å². The van der Waals surface area contributed by atoms with Crippen molar-refractivity contribution in [3.05, 3.63) is 0 Å². The summed E-state index contributed by atoms with van der Waals surface area (Å²) in [5, 5.41) is 0. The molecule has 0 aromatic rings. The second kappa shape index (κ2) is 8.31. The molecule has 0 N–H and O–H groups in total. The summed E-state index contributed by atoms with van der Waals surface area (Å²) in [7, 11) is 0. The molecule has 2 aliphatic rings. The highest BCUT2D eigenvalue weighted by Crippen LogP contribution is 2.32. The molecule has 8 nitrogen and oxygen atoms in total. The van der Waals surface area contributed by atoms with Crippen LogP contribution < -0.4 is 0 Å². The van der Waals surface area contributed by atoms with E-state index in [1.54, 1.807) is 58.2 Å². The number of esters is 1. The van der Waals surface area contributed by atoms with Crippen LogP contribution in [0.3, 0.4) is 0 Å². The average molecular weight is 415 g/mol. The van der Waals surface area contributed by atoms with Crippen LogP contribution in [-0.4, -0.2) is 69.1 Å². The Morgan fingerprint density at radius 2 is 1.68 bits per heavy atom. The fourth-order valence-electron chi connectivity index (χ4n) is 3.12. The highest BCUT2D eigenvalue weighted by Gasteiger charge is 2.50. The van der Waals surface area contributed by atoms with E-state index < -0.39 is 41.1 Å². The number of thioether (sulfide) groups is 1. The number of nitrogens with zero attached hydrogens (tertiary/aromatic N) is 2. The molecule has 28 heavy (non-hydrogen) atoms. The summed E-state index contributed by atoms with van der Waals surface area (Å²) in [5.41, 5.74) is -1.48. The summed E-state index contributed by atoms with van der Waals surface area (Å²) < 4.78 is 10.6. The zero-order valence-corrected chi connectivity index (χ0v) is 18.3. The molecular weight excluding hydrogens is 384 g/mol. The third-order valence-electron chi connectivity index (χ3n) is 4.18. The van der Waals surface area contributed by atoms with Crippen molar-refractivity contribution >= 4 is 35.6 Å². The Kier molecular flexibility index (Phi) is 6.68. The second-order valence-corrected chi connectivity index (χ2v) is 10.1. The predicted octanol–water partition coefficient (Wildman–Crippen LogP) is 2.40. The number of hydrogen-bond donors (Lipinski definition) is 0. The van der Waals surface area contributed by atoms with E-state index in [-0.39, 0.29) is 18.7 Å². The first kappa shape index (κ1) is 22.5. The van der Waals surface area contributed by atoms with Gasteiger partial charge in [0.2, 0.25) is 11.8 Å². The van der Waals surface area contributed by atoms with E-state index >= 15 is 0 Å². The SMILES string of the molecule is CC(C)(C)OC(=O)C[C@@H]1C[C@@H](C(=O)N2CCSC2)N(C(=O)OC(C)(C)C)C1=O. The molecule has 2 atom stereocenters. The molecule has 0 aliphatic carbocycles. The number of hydrogen-bond acceptors (Lipinski definition) is 7. The minimum absolute atomic E-state index is 0.0946. The maximum atomic E-state index is 12.9. The number of likely N-dealkylation sites (tertiary alicyclic amines) is 1. The summed E-state index contributed by atoms with van der Waals surface area (Å²) in [6.07, 6.45) is -0.931. The Balaban J connectivity index is 2.19. The van der Waals surface area contributed by atoms with Gasteiger partial charge in [-0.3, -0.25) is 14.4 Å². The molecule has 3 amide bonds. The molecule has 2 heterocycles. The normalized spacial score (nSPS) is 23.1. The maximum Gasteiger partial charge on any atom is 0.417 e. The number of carbonyl (C=O) groups excluding carboxylic acids is 4. The van der Waals surface area contributed by atoms with Crippen molar-refractivity contribution in [3.63, 3.8) is 0 Å². The summed E-state index contributed by atoms with van der Waals surface area (Å²) >= 11 is 1.62. The fraction of sp³-hybridized carbons (Fsp3) is 0.789. The Morgan fingerprint density at radius 1 is 1.07 bits per heavy atom.